The van der Waals surface area contributed by atoms with E-state index in [1.807, 2.05) is 0 Å². The summed E-state index contributed by atoms with van der Waals surface area (Å²) in [5.74, 6) is 0. The average Bonchev–Trinajstić information content (AvgIpc) is 2.22. The molecule has 0 unspecified atom stereocenters. The van der Waals surface area contributed by atoms with Crippen LogP contribution >= 0.6 is 38.5 Å². The standard InChI is InChI=1S/C12H18BrIN2/c1-16(2)7-3-6-15-9-10-8-11(13)4-5-12(10)14/h4-5,8,15H,3,6-7,9H2,1-2H3. The predicted molar refractivity (Wildman–Crippen MR) is 81.7 cm³/mol. The summed E-state index contributed by atoms with van der Waals surface area (Å²) in [5.41, 5.74) is 1.36. The molecule has 0 fully saturated rings. The predicted octanol–water partition coefficient (Wildman–Crippen LogP) is 3.10. The van der Waals surface area contributed by atoms with E-state index >= 15 is 0 Å². The maximum atomic E-state index is 3.50. The lowest BCUT2D eigenvalue weighted by Gasteiger charge is -2.10. The van der Waals surface area contributed by atoms with Gasteiger partial charge in [0.15, 0.2) is 0 Å². The minimum Gasteiger partial charge on any atom is -0.313 e. The summed E-state index contributed by atoms with van der Waals surface area (Å²) in [5, 5.41) is 3.47. The van der Waals surface area contributed by atoms with Crippen molar-refractivity contribution in [2.24, 2.45) is 0 Å². The minimum absolute atomic E-state index is 0.950. The molecule has 0 amide bonds. The van der Waals surface area contributed by atoms with Gasteiger partial charge in [-0.2, -0.15) is 0 Å². The summed E-state index contributed by atoms with van der Waals surface area (Å²) in [4.78, 5) is 2.21. The van der Waals surface area contributed by atoms with E-state index < -0.39 is 0 Å². The van der Waals surface area contributed by atoms with E-state index in [1.165, 1.54) is 15.6 Å². The fourth-order valence-electron chi connectivity index (χ4n) is 1.42. The van der Waals surface area contributed by atoms with Gasteiger partial charge >= 0.3 is 0 Å². The lowest BCUT2D eigenvalue weighted by molar-refractivity contribution is 0.394. The first kappa shape index (κ1) is 14.4. The average molecular weight is 397 g/mol. The van der Waals surface area contributed by atoms with Crippen LogP contribution in [0, 0.1) is 3.57 Å². The second-order valence-corrected chi connectivity index (χ2v) is 6.15. The lowest BCUT2D eigenvalue weighted by Crippen LogP contribution is -2.21. The molecule has 0 saturated carbocycles. The summed E-state index contributed by atoms with van der Waals surface area (Å²) >= 11 is 5.88. The second-order valence-electron chi connectivity index (χ2n) is 4.07. The van der Waals surface area contributed by atoms with Gasteiger partial charge in [0.25, 0.3) is 0 Å². The number of rotatable bonds is 6. The van der Waals surface area contributed by atoms with Crippen LogP contribution in [0.15, 0.2) is 22.7 Å². The van der Waals surface area contributed by atoms with Crippen molar-refractivity contribution in [1.29, 1.82) is 0 Å². The highest BCUT2D eigenvalue weighted by Crippen LogP contribution is 2.18. The molecule has 0 atom stereocenters. The molecule has 90 valence electrons. The van der Waals surface area contributed by atoms with Crippen LogP contribution in [-0.2, 0) is 6.54 Å². The Morgan fingerprint density at radius 2 is 2.12 bits per heavy atom. The van der Waals surface area contributed by atoms with E-state index in [0.717, 1.165) is 24.1 Å². The molecule has 0 heterocycles. The molecule has 1 aromatic rings. The molecule has 0 aliphatic rings. The van der Waals surface area contributed by atoms with Gasteiger partial charge in [-0.15, -0.1) is 0 Å². The van der Waals surface area contributed by atoms with Crippen LogP contribution in [0.3, 0.4) is 0 Å². The monoisotopic (exact) mass is 396 g/mol. The summed E-state index contributed by atoms with van der Waals surface area (Å²) in [6.45, 7) is 3.16. The van der Waals surface area contributed by atoms with Crippen LogP contribution in [0.5, 0.6) is 0 Å². The smallest absolute Gasteiger partial charge is 0.0216 e. The van der Waals surface area contributed by atoms with E-state index in [4.69, 9.17) is 0 Å². The van der Waals surface area contributed by atoms with Crippen LogP contribution < -0.4 is 5.32 Å². The minimum atomic E-state index is 0.950. The molecule has 0 aliphatic carbocycles. The molecule has 0 aromatic heterocycles. The number of hydrogen-bond acceptors (Lipinski definition) is 2. The molecule has 16 heavy (non-hydrogen) atoms. The molecule has 0 spiro atoms. The molecular formula is C12H18BrIN2. The van der Waals surface area contributed by atoms with Crippen molar-refractivity contribution in [1.82, 2.24) is 10.2 Å². The van der Waals surface area contributed by atoms with Crippen molar-refractivity contribution in [2.75, 3.05) is 27.2 Å². The van der Waals surface area contributed by atoms with Gasteiger partial charge in [0.1, 0.15) is 0 Å². The van der Waals surface area contributed by atoms with Crippen LogP contribution in [0.25, 0.3) is 0 Å². The van der Waals surface area contributed by atoms with Gasteiger partial charge in [-0.25, -0.2) is 0 Å². The Morgan fingerprint density at radius 1 is 1.38 bits per heavy atom. The highest BCUT2D eigenvalue weighted by Gasteiger charge is 2.00. The lowest BCUT2D eigenvalue weighted by atomic mass is 10.2. The zero-order chi connectivity index (χ0) is 12.0. The Labute approximate surface area is 120 Å². The summed E-state index contributed by atoms with van der Waals surface area (Å²) < 4.78 is 2.47. The van der Waals surface area contributed by atoms with Gasteiger partial charge in [-0.05, 0) is 80.0 Å². The Bertz CT molecular complexity index is 329. The van der Waals surface area contributed by atoms with Gasteiger partial charge in [0.05, 0.1) is 0 Å². The highest BCUT2D eigenvalue weighted by atomic mass is 127. The molecule has 0 bridgehead atoms. The molecule has 0 aliphatic heterocycles. The first-order valence-corrected chi connectivity index (χ1v) is 7.26. The SMILES string of the molecule is CN(C)CCCNCc1cc(Br)ccc1I. The normalized spacial score (nSPS) is 11.1. The molecule has 1 N–H and O–H groups in total. The van der Waals surface area contributed by atoms with Gasteiger partial charge in [0.2, 0.25) is 0 Å². The number of benzene rings is 1. The maximum Gasteiger partial charge on any atom is 0.0216 e. The highest BCUT2D eigenvalue weighted by molar-refractivity contribution is 14.1. The topological polar surface area (TPSA) is 15.3 Å². The van der Waals surface area contributed by atoms with Crippen molar-refractivity contribution in [2.45, 2.75) is 13.0 Å². The van der Waals surface area contributed by atoms with E-state index in [1.54, 1.807) is 0 Å². The van der Waals surface area contributed by atoms with E-state index in [2.05, 4.69) is 81.0 Å². The van der Waals surface area contributed by atoms with Crippen molar-refractivity contribution < 1.29 is 0 Å². The molecule has 0 radical (unpaired) electrons. The van der Waals surface area contributed by atoms with E-state index in [-0.39, 0.29) is 0 Å². The van der Waals surface area contributed by atoms with Crippen LogP contribution in [-0.4, -0.2) is 32.1 Å². The molecular weight excluding hydrogens is 379 g/mol. The fraction of sp³-hybridized carbons (Fsp3) is 0.500. The molecule has 0 saturated heterocycles. The molecule has 2 nitrogen and oxygen atoms in total. The van der Waals surface area contributed by atoms with Crippen LogP contribution in [0.1, 0.15) is 12.0 Å². The third-order valence-corrected chi connectivity index (χ3v) is 3.83. The van der Waals surface area contributed by atoms with Gasteiger partial charge in [-0.3, -0.25) is 0 Å². The van der Waals surface area contributed by atoms with E-state index in [9.17, 15) is 0 Å². The first-order chi connectivity index (χ1) is 7.59. The molecule has 4 heteroatoms. The second kappa shape index (κ2) is 7.63. The number of hydrogen-bond donors (Lipinski definition) is 1. The Morgan fingerprint density at radius 3 is 2.81 bits per heavy atom. The molecule has 1 aromatic carbocycles. The van der Waals surface area contributed by atoms with Crippen LogP contribution in [0.2, 0.25) is 0 Å². The third-order valence-electron chi connectivity index (χ3n) is 2.28. The van der Waals surface area contributed by atoms with Crippen molar-refractivity contribution in [3.63, 3.8) is 0 Å². The Hall–Kier alpha value is 0.350. The van der Waals surface area contributed by atoms with Crippen molar-refractivity contribution in [3.05, 3.63) is 31.8 Å². The summed E-state index contributed by atoms with van der Waals surface area (Å²) in [6.07, 6.45) is 1.19. The Balaban J connectivity index is 2.29. The Kier molecular flexibility index (Phi) is 6.87. The maximum absolute atomic E-state index is 3.50. The molecule has 1 rings (SSSR count). The largest absolute Gasteiger partial charge is 0.313 e. The van der Waals surface area contributed by atoms with Gasteiger partial charge < -0.3 is 10.2 Å². The number of nitrogens with zero attached hydrogens (tertiary/aromatic N) is 1. The number of halogens is 2. The number of nitrogens with one attached hydrogen (secondary N) is 1. The zero-order valence-corrected chi connectivity index (χ0v) is 13.5. The quantitative estimate of drug-likeness (QED) is 0.587. The zero-order valence-electron chi connectivity index (χ0n) is 9.76. The van der Waals surface area contributed by atoms with Crippen molar-refractivity contribution in [3.8, 4) is 0 Å². The van der Waals surface area contributed by atoms with Gasteiger partial charge in [0, 0.05) is 14.6 Å². The first-order valence-electron chi connectivity index (χ1n) is 5.39. The van der Waals surface area contributed by atoms with Crippen molar-refractivity contribution >= 4 is 38.5 Å². The van der Waals surface area contributed by atoms with Crippen LogP contribution in [0.4, 0.5) is 0 Å². The van der Waals surface area contributed by atoms with E-state index in [0.29, 0.717) is 0 Å². The summed E-state index contributed by atoms with van der Waals surface area (Å²) in [7, 11) is 4.22. The summed E-state index contributed by atoms with van der Waals surface area (Å²) in [6, 6.07) is 6.40. The fourth-order valence-corrected chi connectivity index (χ4v) is 2.36. The third kappa shape index (κ3) is 5.61. The van der Waals surface area contributed by atoms with Gasteiger partial charge in [-0.1, -0.05) is 15.9 Å².